The first-order valence-corrected chi connectivity index (χ1v) is 7.12. The van der Waals surface area contributed by atoms with Crippen molar-refractivity contribution >= 4 is 11.7 Å². The van der Waals surface area contributed by atoms with Gasteiger partial charge in [-0.1, -0.05) is 42.3 Å². The van der Waals surface area contributed by atoms with Crippen molar-refractivity contribution in [2.75, 3.05) is 11.9 Å². The van der Waals surface area contributed by atoms with E-state index in [0.29, 0.717) is 12.3 Å². The van der Waals surface area contributed by atoms with Crippen LogP contribution >= 0.6 is 0 Å². The molecule has 1 atom stereocenters. The number of carbonyl (C=O) groups excluding carboxylic acids is 1. The fourth-order valence-corrected chi connectivity index (χ4v) is 2.51. The highest BCUT2D eigenvalue weighted by molar-refractivity contribution is 5.89. The van der Waals surface area contributed by atoms with Gasteiger partial charge in [-0.2, -0.15) is 5.06 Å². The van der Waals surface area contributed by atoms with Crippen molar-refractivity contribution in [2.24, 2.45) is 0 Å². The maximum absolute atomic E-state index is 12.4. The molecule has 1 heterocycles. The summed E-state index contributed by atoms with van der Waals surface area (Å²) in [6.07, 6.45) is 6.15. The summed E-state index contributed by atoms with van der Waals surface area (Å²) in [7, 11) is 0. The molecule has 0 aromatic heterocycles. The molecule has 1 saturated heterocycles. The topological polar surface area (TPSA) is 41.6 Å². The lowest BCUT2D eigenvalue weighted by molar-refractivity contribution is -0.0829. The standard InChI is InChI=1S/C18H16N2O2/c1-2-14-7-6-10-16(13-14)19-18(21)20-17(11-12-22-20)15-8-4-3-5-9-15/h1,3-10,13,17H,11-12H2,(H,19,21)/t17-/m0/s1. The summed E-state index contributed by atoms with van der Waals surface area (Å²) >= 11 is 0. The Morgan fingerprint density at radius 1 is 1.23 bits per heavy atom. The second-order valence-electron chi connectivity index (χ2n) is 5.03. The smallest absolute Gasteiger partial charge is 0.306 e. The summed E-state index contributed by atoms with van der Waals surface area (Å²) in [6.45, 7) is 0.525. The molecule has 2 aromatic rings. The molecule has 0 bridgehead atoms. The monoisotopic (exact) mass is 292 g/mol. The molecule has 0 saturated carbocycles. The number of hydroxylamine groups is 2. The number of rotatable bonds is 2. The second-order valence-corrected chi connectivity index (χ2v) is 5.03. The predicted molar refractivity (Wildman–Crippen MR) is 85.0 cm³/mol. The molecule has 1 aliphatic heterocycles. The Morgan fingerprint density at radius 3 is 2.82 bits per heavy atom. The SMILES string of the molecule is C#Cc1cccc(NC(=O)N2OCC[C@H]2c2ccccc2)c1. The van der Waals surface area contributed by atoms with Crippen molar-refractivity contribution < 1.29 is 9.63 Å². The van der Waals surface area contributed by atoms with E-state index in [1.165, 1.54) is 5.06 Å². The van der Waals surface area contributed by atoms with E-state index < -0.39 is 0 Å². The molecule has 0 aliphatic carbocycles. The van der Waals surface area contributed by atoms with Gasteiger partial charge in [-0.3, -0.25) is 4.84 Å². The van der Waals surface area contributed by atoms with Crippen LogP contribution in [0.5, 0.6) is 0 Å². The zero-order valence-electron chi connectivity index (χ0n) is 12.0. The number of amides is 2. The highest BCUT2D eigenvalue weighted by Gasteiger charge is 2.31. The number of benzene rings is 2. The van der Waals surface area contributed by atoms with Gasteiger partial charge in [0.1, 0.15) is 0 Å². The van der Waals surface area contributed by atoms with Crippen LogP contribution in [-0.4, -0.2) is 17.7 Å². The molecule has 4 heteroatoms. The van der Waals surface area contributed by atoms with E-state index in [9.17, 15) is 4.79 Å². The molecule has 0 unspecified atom stereocenters. The summed E-state index contributed by atoms with van der Waals surface area (Å²) in [6, 6.07) is 16.7. The molecule has 1 N–H and O–H groups in total. The Kier molecular flexibility index (Phi) is 4.08. The van der Waals surface area contributed by atoms with Crippen molar-refractivity contribution in [3.05, 3.63) is 65.7 Å². The minimum Gasteiger partial charge on any atom is -0.306 e. The molecule has 4 nitrogen and oxygen atoms in total. The Hall–Kier alpha value is -2.77. The third-order valence-corrected chi connectivity index (χ3v) is 3.57. The quantitative estimate of drug-likeness (QED) is 0.860. The minimum atomic E-state index is -0.291. The van der Waals surface area contributed by atoms with E-state index in [4.69, 9.17) is 11.3 Å². The van der Waals surface area contributed by atoms with Crippen LogP contribution in [0.2, 0.25) is 0 Å². The molecule has 1 fully saturated rings. The molecule has 2 aromatic carbocycles. The Balaban J connectivity index is 1.75. The van der Waals surface area contributed by atoms with Crippen LogP contribution in [0.4, 0.5) is 10.5 Å². The van der Waals surface area contributed by atoms with Gasteiger partial charge in [-0.25, -0.2) is 4.79 Å². The van der Waals surface area contributed by atoms with Gasteiger partial charge < -0.3 is 5.32 Å². The fourth-order valence-electron chi connectivity index (χ4n) is 2.51. The number of nitrogens with zero attached hydrogens (tertiary/aromatic N) is 1. The summed E-state index contributed by atoms with van der Waals surface area (Å²) in [5, 5.41) is 4.23. The van der Waals surface area contributed by atoms with Crippen LogP contribution in [0.1, 0.15) is 23.6 Å². The molecular weight excluding hydrogens is 276 g/mol. The van der Waals surface area contributed by atoms with Gasteiger partial charge in [0.05, 0.1) is 12.6 Å². The van der Waals surface area contributed by atoms with Crippen LogP contribution in [0.15, 0.2) is 54.6 Å². The van der Waals surface area contributed by atoms with Crippen molar-refractivity contribution in [3.63, 3.8) is 0 Å². The lowest BCUT2D eigenvalue weighted by atomic mass is 10.1. The number of terminal acetylenes is 1. The first kappa shape index (κ1) is 14.2. The Labute approximate surface area is 129 Å². The Bertz CT molecular complexity index is 707. The van der Waals surface area contributed by atoms with E-state index in [1.54, 1.807) is 12.1 Å². The van der Waals surface area contributed by atoms with E-state index in [1.807, 2.05) is 42.5 Å². The van der Waals surface area contributed by atoms with Gasteiger partial charge in [0.15, 0.2) is 0 Å². The van der Waals surface area contributed by atoms with Crippen molar-refractivity contribution in [1.82, 2.24) is 5.06 Å². The third kappa shape index (κ3) is 2.95. The Morgan fingerprint density at radius 2 is 2.05 bits per heavy atom. The van der Waals surface area contributed by atoms with Crippen LogP contribution in [0.3, 0.4) is 0 Å². The van der Waals surface area contributed by atoms with Gasteiger partial charge in [0.25, 0.3) is 0 Å². The van der Waals surface area contributed by atoms with Gasteiger partial charge in [0, 0.05) is 17.7 Å². The summed E-state index contributed by atoms with van der Waals surface area (Å²) in [4.78, 5) is 17.9. The van der Waals surface area contributed by atoms with Crippen LogP contribution < -0.4 is 5.32 Å². The number of nitrogens with one attached hydrogen (secondary N) is 1. The van der Waals surface area contributed by atoms with Crippen LogP contribution in [0, 0.1) is 12.3 Å². The fraction of sp³-hybridized carbons (Fsp3) is 0.167. The lowest BCUT2D eigenvalue weighted by Crippen LogP contribution is -2.33. The molecule has 1 aliphatic rings. The van der Waals surface area contributed by atoms with E-state index in [0.717, 1.165) is 17.5 Å². The number of anilines is 1. The highest BCUT2D eigenvalue weighted by atomic mass is 16.7. The maximum atomic E-state index is 12.4. The number of carbonyl (C=O) groups is 1. The first-order valence-electron chi connectivity index (χ1n) is 7.12. The molecule has 110 valence electrons. The first-order chi connectivity index (χ1) is 10.8. The normalized spacial score (nSPS) is 17.0. The zero-order valence-corrected chi connectivity index (χ0v) is 12.0. The average molecular weight is 292 g/mol. The maximum Gasteiger partial charge on any atom is 0.346 e. The summed E-state index contributed by atoms with van der Waals surface area (Å²) in [5.41, 5.74) is 2.44. The highest BCUT2D eigenvalue weighted by Crippen LogP contribution is 2.30. The number of hydrogen-bond donors (Lipinski definition) is 1. The zero-order chi connectivity index (χ0) is 15.4. The number of urea groups is 1. The van der Waals surface area contributed by atoms with Gasteiger partial charge in [0.2, 0.25) is 0 Å². The van der Waals surface area contributed by atoms with Crippen LogP contribution in [-0.2, 0) is 4.84 Å². The van der Waals surface area contributed by atoms with E-state index >= 15 is 0 Å². The van der Waals surface area contributed by atoms with Crippen LogP contribution in [0.25, 0.3) is 0 Å². The van der Waals surface area contributed by atoms with Crippen molar-refractivity contribution in [1.29, 1.82) is 0 Å². The van der Waals surface area contributed by atoms with Crippen molar-refractivity contribution in [2.45, 2.75) is 12.5 Å². The summed E-state index contributed by atoms with van der Waals surface area (Å²) < 4.78 is 0. The van der Waals surface area contributed by atoms with E-state index in [2.05, 4.69) is 11.2 Å². The molecular formula is C18H16N2O2. The molecule has 2 amide bonds. The third-order valence-electron chi connectivity index (χ3n) is 3.57. The van der Waals surface area contributed by atoms with E-state index in [-0.39, 0.29) is 12.1 Å². The average Bonchev–Trinajstić information content (AvgIpc) is 3.05. The molecule has 3 rings (SSSR count). The lowest BCUT2D eigenvalue weighted by Gasteiger charge is -2.23. The van der Waals surface area contributed by atoms with Crippen molar-refractivity contribution in [3.8, 4) is 12.3 Å². The van der Waals surface area contributed by atoms with Gasteiger partial charge in [-0.05, 0) is 23.8 Å². The largest absolute Gasteiger partial charge is 0.346 e. The molecule has 0 radical (unpaired) electrons. The minimum absolute atomic E-state index is 0.0722. The van der Waals surface area contributed by atoms with Gasteiger partial charge in [-0.15, -0.1) is 6.42 Å². The second kappa shape index (κ2) is 6.33. The number of hydrogen-bond acceptors (Lipinski definition) is 2. The molecule has 22 heavy (non-hydrogen) atoms. The van der Waals surface area contributed by atoms with Gasteiger partial charge >= 0.3 is 6.03 Å². The molecule has 0 spiro atoms. The predicted octanol–water partition coefficient (Wildman–Crippen LogP) is 3.58. The summed E-state index contributed by atoms with van der Waals surface area (Å²) in [5.74, 6) is 2.55.